The van der Waals surface area contributed by atoms with Crippen LogP contribution in [-0.2, 0) is 15.6 Å². The Morgan fingerprint density at radius 2 is 1.81 bits per heavy atom. The topological polar surface area (TPSA) is 125 Å². The zero-order valence-electron chi connectivity index (χ0n) is 17.8. The predicted octanol–water partition coefficient (Wildman–Crippen LogP) is 3.89. The number of aliphatic hydroxyl groups excluding tert-OH is 1. The molecular weight excluding hydrogens is 453 g/mol. The Morgan fingerprint density at radius 3 is 2.50 bits per heavy atom. The number of hydrogen-bond donors (Lipinski definition) is 4. The molecule has 0 aliphatic carbocycles. The van der Waals surface area contributed by atoms with Crippen molar-refractivity contribution in [1.82, 2.24) is 5.48 Å². The van der Waals surface area contributed by atoms with Crippen molar-refractivity contribution in [2.75, 3.05) is 13.2 Å². The molecule has 174 valence electrons. The molecule has 0 saturated carbocycles. The van der Waals surface area contributed by atoms with Gasteiger partial charge in [-0.3, -0.25) is 4.79 Å². The highest BCUT2D eigenvalue weighted by Gasteiger charge is 2.18. The van der Waals surface area contributed by atoms with Crippen LogP contribution in [0.3, 0.4) is 0 Å². The molecule has 1 atom stereocenters. The third kappa shape index (κ3) is 6.83. The van der Waals surface area contributed by atoms with E-state index in [1.165, 1.54) is 11.3 Å². The van der Waals surface area contributed by atoms with E-state index in [0.29, 0.717) is 30.2 Å². The molecule has 1 heterocycles. The molecule has 1 aromatic heterocycles. The average Bonchev–Trinajstić information content (AvgIpc) is 2.76. The molecular formula is C22H28NO7PS. The van der Waals surface area contributed by atoms with Crippen LogP contribution in [0.25, 0.3) is 20.2 Å². The number of aliphatic hydroxyl groups is 1. The first-order chi connectivity index (χ1) is 15.3. The summed E-state index contributed by atoms with van der Waals surface area (Å²) >= 11 is 1.52. The van der Waals surface area contributed by atoms with Gasteiger partial charge in [-0.05, 0) is 55.2 Å². The van der Waals surface area contributed by atoms with Gasteiger partial charge >= 0.3 is 7.82 Å². The number of phosphoric acid groups is 1. The molecule has 3 rings (SSSR count). The lowest BCUT2D eigenvalue weighted by Crippen LogP contribution is -2.32. The first-order valence-corrected chi connectivity index (χ1v) is 12.9. The number of unbranched alkanes of at least 4 members (excludes halogenated alkanes) is 2. The summed E-state index contributed by atoms with van der Waals surface area (Å²) in [5.74, 6) is 0.752. The van der Waals surface area contributed by atoms with E-state index in [2.05, 4.69) is 17.0 Å². The molecule has 4 N–H and O–H groups in total. The Bertz CT molecular complexity index is 1160. The van der Waals surface area contributed by atoms with E-state index in [0.717, 1.165) is 40.0 Å². The van der Waals surface area contributed by atoms with E-state index in [9.17, 15) is 14.5 Å². The first-order valence-electron chi connectivity index (χ1n) is 10.5. The number of rotatable bonds is 12. The summed E-state index contributed by atoms with van der Waals surface area (Å²) in [5.41, 5.74) is 3.12. The van der Waals surface area contributed by atoms with Crippen LogP contribution >= 0.6 is 19.2 Å². The summed E-state index contributed by atoms with van der Waals surface area (Å²) < 4.78 is 22.6. The van der Waals surface area contributed by atoms with Crippen molar-refractivity contribution in [2.24, 2.45) is 0 Å². The third-order valence-electron chi connectivity index (χ3n) is 5.07. The fraction of sp³-hybridized carbons (Fsp3) is 0.409. The zero-order valence-corrected chi connectivity index (χ0v) is 19.5. The lowest BCUT2D eigenvalue weighted by atomic mass is 10.0. The molecule has 32 heavy (non-hydrogen) atoms. The number of ether oxygens (including phenoxy) is 1. The highest BCUT2D eigenvalue weighted by Crippen LogP contribution is 2.34. The van der Waals surface area contributed by atoms with Crippen LogP contribution in [0.15, 0.2) is 41.2 Å². The van der Waals surface area contributed by atoms with Gasteiger partial charge in [-0.1, -0.05) is 25.8 Å². The lowest BCUT2D eigenvalue weighted by molar-refractivity contribution is 0.0725. The van der Waals surface area contributed by atoms with E-state index in [1.807, 2.05) is 30.3 Å². The molecule has 0 fully saturated rings. The first kappa shape index (κ1) is 24.8. The molecule has 1 unspecified atom stereocenters. The Balaban J connectivity index is 1.77. The SMILES string of the molecule is CCCCCOc1ccc2c(=O)c3ccc(CCC(CO)NOP(=O)(O)O)cc3sc2c1. The Morgan fingerprint density at radius 1 is 1.09 bits per heavy atom. The largest absolute Gasteiger partial charge is 0.494 e. The summed E-state index contributed by atoms with van der Waals surface area (Å²) in [5, 5.41) is 10.7. The van der Waals surface area contributed by atoms with E-state index in [1.54, 1.807) is 6.07 Å². The second kappa shape index (κ2) is 11.3. The Kier molecular flexibility index (Phi) is 8.79. The molecule has 0 aliphatic heterocycles. The third-order valence-corrected chi connectivity index (χ3v) is 6.52. The average molecular weight is 482 g/mol. The van der Waals surface area contributed by atoms with Crippen molar-refractivity contribution in [3.05, 3.63) is 52.2 Å². The van der Waals surface area contributed by atoms with Crippen LogP contribution < -0.4 is 15.6 Å². The van der Waals surface area contributed by atoms with Gasteiger partial charge in [-0.2, -0.15) is 10.1 Å². The monoisotopic (exact) mass is 481 g/mol. The molecule has 2 aromatic carbocycles. The quantitative estimate of drug-likeness (QED) is 0.133. The van der Waals surface area contributed by atoms with E-state index in [-0.39, 0.29) is 12.0 Å². The number of aryl methyl sites for hydroxylation is 1. The minimum Gasteiger partial charge on any atom is -0.494 e. The van der Waals surface area contributed by atoms with Crippen LogP contribution in [0.4, 0.5) is 0 Å². The van der Waals surface area contributed by atoms with Crippen molar-refractivity contribution in [3.63, 3.8) is 0 Å². The maximum absolute atomic E-state index is 12.9. The van der Waals surface area contributed by atoms with Gasteiger partial charge < -0.3 is 19.6 Å². The maximum Gasteiger partial charge on any atom is 0.486 e. The number of nitrogens with one attached hydrogen (secondary N) is 1. The summed E-state index contributed by atoms with van der Waals surface area (Å²) in [6, 6.07) is 10.5. The number of hydroxylamine groups is 1. The fourth-order valence-corrected chi connectivity index (χ4v) is 4.79. The van der Waals surface area contributed by atoms with Gasteiger partial charge in [0.05, 0.1) is 19.3 Å². The van der Waals surface area contributed by atoms with Crippen molar-refractivity contribution >= 4 is 39.3 Å². The van der Waals surface area contributed by atoms with Gasteiger partial charge in [-0.15, -0.1) is 11.3 Å². The van der Waals surface area contributed by atoms with Crippen molar-refractivity contribution < 1.29 is 28.8 Å². The van der Waals surface area contributed by atoms with Crippen LogP contribution in [0.2, 0.25) is 0 Å². The lowest BCUT2D eigenvalue weighted by Gasteiger charge is -2.16. The predicted molar refractivity (Wildman–Crippen MR) is 126 cm³/mol. The molecule has 0 saturated heterocycles. The van der Waals surface area contributed by atoms with Gasteiger partial charge in [0.15, 0.2) is 5.43 Å². The minimum atomic E-state index is -4.67. The molecule has 0 spiro atoms. The summed E-state index contributed by atoms with van der Waals surface area (Å²) in [7, 11) is -4.67. The highest BCUT2D eigenvalue weighted by molar-refractivity contribution is 7.46. The van der Waals surface area contributed by atoms with Crippen LogP contribution in [0.5, 0.6) is 5.75 Å². The standard InChI is InChI=1S/C22H28NO7PS/c1-2-3-4-11-29-17-8-10-19-21(13-17)32-20-12-15(6-9-18(20)22(19)25)5-7-16(14-24)23-30-31(26,27)28/h6,8-10,12-13,16,23-24H,2-5,7,11,14H2,1H3,(H2,26,27,28). The fourth-order valence-electron chi connectivity index (χ4n) is 3.34. The second-order valence-corrected chi connectivity index (χ2v) is 9.84. The molecule has 10 heteroatoms. The van der Waals surface area contributed by atoms with Crippen molar-refractivity contribution in [1.29, 1.82) is 0 Å². The van der Waals surface area contributed by atoms with Crippen LogP contribution in [-0.4, -0.2) is 34.1 Å². The van der Waals surface area contributed by atoms with Gasteiger partial charge in [0.2, 0.25) is 0 Å². The van der Waals surface area contributed by atoms with Gasteiger partial charge in [0.25, 0.3) is 0 Å². The van der Waals surface area contributed by atoms with E-state index < -0.39 is 13.9 Å². The smallest absolute Gasteiger partial charge is 0.486 e. The van der Waals surface area contributed by atoms with Gasteiger partial charge in [0.1, 0.15) is 5.75 Å². The van der Waals surface area contributed by atoms with Crippen molar-refractivity contribution in [2.45, 2.75) is 45.1 Å². The van der Waals surface area contributed by atoms with Gasteiger partial charge in [-0.25, -0.2) is 4.57 Å². The molecule has 0 bridgehead atoms. The van der Waals surface area contributed by atoms with Crippen LogP contribution in [0.1, 0.15) is 38.2 Å². The van der Waals surface area contributed by atoms with Crippen LogP contribution in [0, 0.1) is 0 Å². The Labute approximate surface area is 190 Å². The summed E-state index contributed by atoms with van der Waals surface area (Å²) in [6.07, 6.45) is 4.16. The number of hydrogen-bond acceptors (Lipinski definition) is 7. The van der Waals surface area contributed by atoms with Gasteiger partial charge in [0, 0.05) is 20.2 Å². The molecule has 0 radical (unpaired) electrons. The Hall–Kier alpha value is -1.84. The molecule has 0 amide bonds. The molecule has 0 aliphatic rings. The number of benzene rings is 2. The highest BCUT2D eigenvalue weighted by atomic mass is 32.1. The van der Waals surface area contributed by atoms with E-state index in [4.69, 9.17) is 14.5 Å². The molecule has 8 nitrogen and oxygen atoms in total. The number of fused-ring (bicyclic) bond motifs is 2. The van der Waals surface area contributed by atoms with E-state index >= 15 is 0 Å². The summed E-state index contributed by atoms with van der Waals surface area (Å²) in [4.78, 5) is 30.5. The minimum absolute atomic E-state index is 0.0252. The van der Waals surface area contributed by atoms with Crippen molar-refractivity contribution in [3.8, 4) is 5.75 Å². The second-order valence-electron chi connectivity index (χ2n) is 7.59. The maximum atomic E-state index is 12.9. The zero-order chi connectivity index (χ0) is 23.1. The molecule has 3 aromatic rings. The summed E-state index contributed by atoms with van der Waals surface area (Å²) in [6.45, 7) is 2.45. The normalized spacial score (nSPS) is 13.0.